The highest BCUT2D eigenvalue weighted by Gasteiger charge is 2.22. The molecule has 0 bridgehead atoms. The molecule has 0 radical (unpaired) electrons. The summed E-state index contributed by atoms with van der Waals surface area (Å²) in [5, 5.41) is 11.9. The van der Waals surface area contributed by atoms with Crippen LogP contribution in [0.5, 0.6) is 0 Å². The molecule has 0 aliphatic heterocycles. The van der Waals surface area contributed by atoms with Gasteiger partial charge in [0, 0.05) is 5.56 Å². The van der Waals surface area contributed by atoms with E-state index in [1.54, 1.807) is 0 Å². The van der Waals surface area contributed by atoms with E-state index in [-0.39, 0.29) is 12.2 Å². The van der Waals surface area contributed by atoms with E-state index >= 15 is 0 Å². The number of carbonyl (C=O) groups excluding carboxylic acids is 1. The summed E-state index contributed by atoms with van der Waals surface area (Å²) < 4.78 is 12.8. The van der Waals surface area contributed by atoms with Gasteiger partial charge in [-0.3, -0.25) is 9.59 Å². The summed E-state index contributed by atoms with van der Waals surface area (Å²) in [6.07, 6.45) is 0.571. The number of nitrogens with one attached hydrogen (secondary N) is 1. The molecule has 110 valence electrons. The third kappa shape index (κ3) is 5.48. The van der Waals surface area contributed by atoms with E-state index < -0.39 is 17.8 Å². The van der Waals surface area contributed by atoms with E-state index in [9.17, 15) is 14.0 Å². The predicted molar refractivity (Wildman–Crippen MR) is 74.2 cm³/mol. The lowest BCUT2D eigenvalue weighted by Crippen LogP contribution is -2.39. The van der Waals surface area contributed by atoms with Crippen LogP contribution in [0.3, 0.4) is 0 Å². The molecule has 0 aliphatic carbocycles. The average Bonchev–Trinajstić information content (AvgIpc) is 2.37. The summed E-state index contributed by atoms with van der Waals surface area (Å²) in [5.74, 6) is -1.32. The van der Waals surface area contributed by atoms with Crippen molar-refractivity contribution >= 4 is 11.8 Å². The third-order valence-corrected chi connectivity index (χ3v) is 2.94. The number of benzene rings is 1. The van der Waals surface area contributed by atoms with Crippen molar-refractivity contribution in [3.63, 3.8) is 0 Å². The maximum atomic E-state index is 12.8. The van der Waals surface area contributed by atoms with Crippen LogP contribution in [0.15, 0.2) is 24.3 Å². The van der Waals surface area contributed by atoms with Gasteiger partial charge in [0.05, 0.1) is 12.5 Å². The molecule has 1 aromatic carbocycles. The zero-order valence-corrected chi connectivity index (χ0v) is 11.7. The zero-order valence-electron chi connectivity index (χ0n) is 11.7. The third-order valence-electron chi connectivity index (χ3n) is 2.94. The van der Waals surface area contributed by atoms with Gasteiger partial charge in [-0.15, -0.1) is 0 Å². The molecule has 1 aromatic rings. The second kappa shape index (κ2) is 7.75. The standard InChI is InChI=1S/C15H20FNO3/c1-10(2)7-8-17-13(9-14(18)19)15(20)11-3-5-12(16)6-4-11/h3-6,10,13,17H,7-9H2,1-2H3,(H,18,19). The quantitative estimate of drug-likeness (QED) is 0.718. The Hall–Kier alpha value is -1.75. The normalized spacial score (nSPS) is 12.4. The number of halogens is 1. The molecule has 1 unspecified atom stereocenters. The Bertz CT molecular complexity index is 457. The Morgan fingerprint density at radius 3 is 2.35 bits per heavy atom. The summed E-state index contributed by atoms with van der Waals surface area (Å²) in [4.78, 5) is 23.1. The number of ketones is 1. The van der Waals surface area contributed by atoms with Crippen LogP contribution in [-0.2, 0) is 4.79 Å². The number of carbonyl (C=O) groups is 2. The van der Waals surface area contributed by atoms with Crippen LogP contribution in [-0.4, -0.2) is 29.4 Å². The average molecular weight is 281 g/mol. The van der Waals surface area contributed by atoms with Crippen LogP contribution in [0.1, 0.15) is 37.0 Å². The second-order valence-corrected chi connectivity index (χ2v) is 5.16. The Labute approximate surface area is 118 Å². The molecule has 0 amide bonds. The van der Waals surface area contributed by atoms with E-state index in [2.05, 4.69) is 19.2 Å². The van der Waals surface area contributed by atoms with E-state index in [4.69, 9.17) is 5.11 Å². The summed E-state index contributed by atoms with van der Waals surface area (Å²) in [7, 11) is 0. The maximum absolute atomic E-state index is 12.8. The summed E-state index contributed by atoms with van der Waals surface area (Å²) in [5.41, 5.74) is 0.315. The Morgan fingerprint density at radius 2 is 1.85 bits per heavy atom. The van der Waals surface area contributed by atoms with E-state index in [1.807, 2.05) is 0 Å². The van der Waals surface area contributed by atoms with Gasteiger partial charge in [-0.2, -0.15) is 0 Å². The zero-order chi connectivity index (χ0) is 15.1. The molecule has 4 nitrogen and oxygen atoms in total. The van der Waals surface area contributed by atoms with Crippen molar-refractivity contribution < 1.29 is 19.1 Å². The Morgan fingerprint density at radius 1 is 1.25 bits per heavy atom. The first-order valence-electron chi connectivity index (χ1n) is 6.65. The highest BCUT2D eigenvalue weighted by atomic mass is 19.1. The monoisotopic (exact) mass is 281 g/mol. The molecule has 0 aliphatic rings. The molecule has 1 atom stereocenters. The van der Waals surface area contributed by atoms with Crippen LogP contribution in [0.25, 0.3) is 0 Å². The van der Waals surface area contributed by atoms with Crippen LogP contribution >= 0.6 is 0 Å². The predicted octanol–water partition coefficient (Wildman–Crippen LogP) is 2.49. The molecule has 0 spiro atoms. The summed E-state index contributed by atoms with van der Waals surface area (Å²) >= 11 is 0. The molecular formula is C15H20FNO3. The first kappa shape index (κ1) is 16.3. The molecule has 5 heteroatoms. The van der Waals surface area contributed by atoms with Gasteiger partial charge < -0.3 is 10.4 Å². The minimum atomic E-state index is -1.04. The molecule has 0 fully saturated rings. The van der Waals surface area contributed by atoms with Gasteiger partial charge in [0.15, 0.2) is 5.78 Å². The first-order chi connectivity index (χ1) is 9.40. The number of Topliss-reactive ketones (excluding diaryl/α,β-unsaturated/α-hetero) is 1. The van der Waals surface area contributed by atoms with Gasteiger partial charge in [0.25, 0.3) is 0 Å². The lowest BCUT2D eigenvalue weighted by atomic mass is 10.0. The minimum Gasteiger partial charge on any atom is -0.481 e. The minimum absolute atomic E-state index is 0.283. The van der Waals surface area contributed by atoms with Crippen LogP contribution in [0.4, 0.5) is 4.39 Å². The van der Waals surface area contributed by atoms with Gasteiger partial charge in [-0.25, -0.2) is 4.39 Å². The molecule has 20 heavy (non-hydrogen) atoms. The van der Waals surface area contributed by atoms with Gasteiger partial charge in [0.2, 0.25) is 0 Å². The fourth-order valence-electron chi connectivity index (χ4n) is 1.79. The summed E-state index contributed by atoms with van der Waals surface area (Å²) in [6.45, 7) is 4.67. The van der Waals surface area contributed by atoms with Crippen molar-refractivity contribution in [3.05, 3.63) is 35.6 Å². The van der Waals surface area contributed by atoms with Crippen molar-refractivity contribution in [2.75, 3.05) is 6.54 Å². The van der Waals surface area contributed by atoms with E-state index in [1.165, 1.54) is 24.3 Å². The fraction of sp³-hybridized carbons (Fsp3) is 0.467. The van der Waals surface area contributed by atoms with Gasteiger partial charge in [-0.05, 0) is 43.1 Å². The first-order valence-corrected chi connectivity index (χ1v) is 6.65. The lowest BCUT2D eigenvalue weighted by molar-refractivity contribution is -0.137. The smallest absolute Gasteiger partial charge is 0.305 e. The van der Waals surface area contributed by atoms with E-state index in [0.717, 1.165) is 6.42 Å². The van der Waals surface area contributed by atoms with Gasteiger partial charge in [0.1, 0.15) is 5.82 Å². The number of carboxylic acid groups (broad SMARTS) is 1. The van der Waals surface area contributed by atoms with Crippen molar-refractivity contribution in [2.45, 2.75) is 32.7 Å². The van der Waals surface area contributed by atoms with Gasteiger partial charge >= 0.3 is 5.97 Å². The number of hydrogen-bond donors (Lipinski definition) is 2. The highest BCUT2D eigenvalue weighted by Crippen LogP contribution is 2.09. The number of aliphatic carboxylic acids is 1. The Balaban J connectivity index is 2.73. The van der Waals surface area contributed by atoms with Crippen molar-refractivity contribution in [2.24, 2.45) is 5.92 Å². The number of hydrogen-bond acceptors (Lipinski definition) is 3. The van der Waals surface area contributed by atoms with Crippen LogP contribution in [0, 0.1) is 11.7 Å². The molecular weight excluding hydrogens is 261 g/mol. The molecule has 0 aromatic heterocycles. The largest absolute Gasteiger partial charge is 0.481 e. The van der Waals surface area contributed by atoms with E-state index in [0.29, 0.717) is 18.0 Å². The Kier molecular flexibility index (Phi) is 6.31. The SMILES string of the molecule is CC(C)CCNC(CC(=O)O)C(=O)c1ccc(F)cc1. The lowest BCUT2D eigenvalue weighted by Gasteiger charge is -2.16. The molecule has 0 heterocycles. The molecule has 1 rings (SSSR count). The van der Waals surface area contributed by atoms with Crippen LogP contribution < -0.4 is 5.32 Å². The highest BCUT2D eigenvalue weighted by molar-refractivity contribution is 6.01. The number of carboxylic acids is 1. The maximum Gasteiger partial charge on any atom is 0.305 e. The topological polar surface area (TPSA) is 66.4 Å². The number of rotatable bonds is 8. The van der Waals surface area contributed by atoms with Crippen molar-refractivity contribution in [1.29, 1.82) is 0 Å². The second-order valence-electron chi connectivity index (χ2n) is 5.16. The van der Waals surface area contributed by atoms with Crippen molar-refractivity contribution in [1.82, 2.24) is 5.32 Å². The molecule has 0 saturated heterocycles. The van der Waals surface area contributed by atoms with Crippen molar-refractivity contribution in [3.8, 4) is 0 Å². The van der Waals surface area contributed by atoms with Gasteiger partial charge in [-0.1, -0.05) is 13.8 Å². The molecule has 0 saturated carbocycles. The molecule has 2 N–H and O–H groups in total. The van der Waals surface area contributed by atoms with Crippen LogP contribution in [0.2, 0.25) is 0 Å². The fourth-order valence-corrected chi connectivity index (χ4v) is 1.79. The summed E-state index contributed by atoms with van der Waals surface area (Å²) in [6, 6.07) is 4.35.